The van der Waals surface area contributed by atoms with Gasteiger partial charge in [-0.15, -0.1) is 0 Å². The monoisotopic (exact) mass is 254 g/mol. The molecule has 3 nitrogen and oxygen atoms in total. The van der Waals surface area contributed by atoms with Crippen molar-refractivity contribution in [1.82, 2.24) is 0 Å². The zero-order chi connectivity index (χ0) is 12.8. The van der Waals surface area contributed by atoms with E-state index in [4.69, 9.17) is 4.74 Å². The van der Waals surface area contributed by atoms with E-state index in [0.717, 1.165) is 58.0 Å². The summed E-state index contributed by atoms with van der Waals surface area (Å²) in [5.41, 5.74) is -0.452. The van der Waals surface area contributed by atoms with Crippen molar-refractivity contribution >= 4 is 5.97 Å². The summed E-state index contributed by atoms with van der Waals surface area (Å²) < 4.78 is 5.63. The van der Waals surface area contributed by atoms with Crippen molar-refractivity contribution in [3.05, 3.63) is 0 Å². The summed E-state index contributed by atoms with van der Waals surface area (Å²) in [6, 6.07) is 0. The Labute approximate surface area is 110 Å². The van der Waals surface area contributed by atoms with E-state index in [-0.39, 0.29) is 0 Å². The second kappa shape index (κ2) is 6.55. The molecule has 1 N–H and O–H groups in total. The van der Waals surface area contributed by atoms with Gasteiger partial charge in [0.15, 0.2) is 0 Å². The van der Waals surface area contributed by atoms with Crippen LogP contribution in [0.1, 0.15) is 70.6 Å². The maximum absolute atomic E-state index is 11.7. The minimum atomic E-state index is -0.567. The van der Waals surface area contributed by atoms with Crippen LogP contribution in [0.4, 0.5) is 0 Å². The van der Waals surface area contributed by atoms with Crippen LogP contribution in [0.25, 0.3) is 0 Å². The lowest BCUT2D eigenvalue weighted by atomic mass is 9.72. The number of hydrogen-bond donors (Lipinski definition) is 1. The molecule has 0 radical (unpaired) electrons. The molecule has 0 amide bonds. The van der Waals surface area contributed by atoms with E-state index < -0.39 is 11.4 Å². The first-order valence-electron chi connectivity index (χ1n) is 7.58. The SMILES string of the molecule is O=C(O)C1(CCC2CCCO2)CCCCCCC1. The largest absolute Gasteiger partial charge is 0.481 e. The molecule has 104 valence electrons. The quantitative estimate of drug-likeness (QED) is 0.831. The summed E-state index contributed by atoms with van der Waals surface area (Å²) in [6.07, 6.45) is 11.9. The highest BCUT2D eigenvalue weighted by molar-refractivity contribution is 5.74. The highest BCUT2D eigenvalue weighted by atomic mass is 16.5. The Balaban J connectivity index is 1.92. The summed E-state index contributed by atoms with van der Waals surface area (Å²) in [5, 5.41) is 9.64. The number of ether oxygens (including phenoxy) is 1. The van der Waals surface area contributed by atoms with Crippen molar-refractivity contribution in [2.75, 3.05) is 6.61 Å². The van der Waals surface area contributed by atoms with Gasteiger partial charge in [-0.1, -0.05) is 32.1 Å². The Hall–Kier alpha value is -0.570. The number of carboxylic acids is 1. The maximum Gasteiger partial charge on any atom is 0.309 e. The van der Waals surface area contributed by atoms with E-state index in [1.54, 1.807) is 0 Å². The minimum absolute atomic E-state index is 0.326. The third-order valence-electron chi connectivity index (χ3n) is 4.73. The van der Waals surface area contributed by atoms with Gasteiger partial charge >= 0.3 is 5.97 Å². The number of rotatable bonds is 4. The van der Waals surface area contributed by atoms with Gasteiger partial charge in [0, 0.05) is 6.61 Å². The molecule has 0 bridgehead atoms. The molecule has 0 spiro atoms. The van der Waals surface area contributed by atoms with Crippen LogP contribution in [0.5, 0.6) is 0 Å². The summed E-state index contributed by atoms with van der Waals surface area (Å²) >= 11 is 0. The molecule has 0 aromatic rings. The molecule has 1 unspecified atom stereocenters. The molecule has 18 heavy (non-hydrogen) atoms. The van der Waals surface area contributed by atoms with Crippen LogP contribution in [0, 0.1) is 5.41 Å². The van der Waals surface area contributed by atoms with Crippen LogP contribution in [0.15, 0.2) is 0 Å². The Morgan fingerprint density at radius 2 is 1.78 bits per heavy atom. The third kappa shape index (κ3) is 3.47. The lowest BCUT2D eigenvalue weighted by Crippen LogP contribution is -2.33. The maximum atomic E-state index is 11.7. The van der Waals surface area contributed by atoms with Crippen LogP contribution in [0.2, 0.25) is 0 Å². The van der Waals surface area contributed by atoms with Gasteiger partial charge in [-0.3, -0.25) is 4.79 Å². The molecular weight excluding hydrogens is 228 g/mol. The smallest absolute Gasteiger partial charge is 0.309 e. The molecule has 2 aliphatic rings. The average molecular weight is 254 g/mol. The standard InChI is InChI=1S/C15H26O3/c16-14(17)15(9-4-2-1-3-5-10-15)11-8-13-7-6-12-18-13/h13H,1-12H2,(H,16,17). The summed E-state index contributed by atoms with van der Waals surface area (Å²) in [4.78, 5) is 11.7. The summed E-state index contributed by atoms with van der Waals surface area (Å²) in [5.74, 6) is -0.567. The van der Waals surface area contributed by atoms with E-state index in [1.165, 1.54) is 19.3 Å². The average Bonchev–Trinajstić information content (AvgIpc) is 2.80. The molecule has 0 aromatic carbocycles. The molecule has 1 aliphatic carbocycles. The second-order valence-electron chi connectivity index (χ2n) is 6.03. The van der Waals surface area contributed by atoms with Crippen molar-refractivity contribution in [2.24, 2.45) is 5.41 Å². The first kappa shape index (κ1) is 13.9. The minimum Gasteiger partial charge on any atom is -0.481 e. The van der Waals surface area contributed by atoms with Gasteiger partial charge in [-0.25, -0.2) is 0 Å². The normalized spacial score (nSPS) is 28.6. The van der Waals surface area contributed by atoms with Crippen LogP contribution in [-0.4, -0.2) is 23.8 Å². The number of carboxylic acid groups (broad SMARTS) is 1. The molecule has 1 aliphatic heterocycles. The van der Waals surface area contributed by atoms with Crippen LogP contribution < -0.4 is 0 Å². The van der Waals surface area contributed by atoms with Gasteiger partial charge in [-0.05, 0) is 38.5 Å². The fourth-order valence-electron chi connectivity index (χ4n) is 3.46. The van der Waals surface area contributed by atoms with Crippen molar-refractivity contribution in [1.29, 1.82) is 0 Å². The lowest BCUT2D eigenvalue weighted by Gasteiger charge is -2.32. The Bertz CT molecular complexity index is 261. The van der Waals surface area contributed by atoms with Crippen LogP contribution >= 0.6 is 0 Å². The van der Waals surface area contributed by atoms with Gasteiger partial charge in [0.25, 0.3) is 0 Å². The van der Waals surface area contributed by atoms with Crippen molar-refractivity contribution in [3.8, 4) is 0 Å². The van der Waals surface area contributed by atoms with Gasteiger partial charge < -0.3 is 9.84 Å². The van der Waals surface area contributed by atoms with E-state index >= 15 is 0 Å². The van der Waals surface area contributed by atoms with Crippen molar-refractivity contribution < 1.29 is 14.6 Å². The van der Waals surface area contributed by atoms with Crippen LogP contribution in [-0.2, 0) is 9.53 Å². The predicted molar refractivity (Wildman–Crippen MR) is 70.6 cm³/mol. The molecular formula is C15H26O3. The fourth-order valence-corrected chi connectivity index (χ4v) is 3.46. The fraction of sp³-hybridized carbons (Fsp3) is 0.933. The first-order chi connectivity index (χ1) is 8.73. The topological polar surface area (TPSA) is 46.5 Å². The Morgan fingerprint density at radius 3 is 2.33 bits per heavy atom. The first-order valence-corrected chi connectivity index (χ1v) is 7.58. The number of hydrogen-bond acceptors (Lipinski definition) is 2. The van der Waals surface area contributed by atoms with Crippen molar-refractivity contribution in [2.45, 2.75) is 76.7 Å². The van der Waals surface area contributed by atoms with Crippen LogP contribution in [0.3, 0.4) is 0 Å². The summed E-state index contributed by atoms with van der Waals surface area (Å²) in [7, 11) is 0. The zero-order valence-electron chi connectivity index (χ0n) is 11.3. The number of aliphatic carboxylic acids is 1. The van der Waals surface area contributed by atoms with Crippen molar-refractivity contribution in [3.63, 3.8) is 0 Å². The Kier molecular flexibility index (Phi) is 5.04. The van der Waals surface area contributed by atoms with Gasteiger partial charge in [0.05, 0.1) is 11.5 Å². The second-order valence-corrected chi connectivity index (χ2v) is 6.03. The predicted octanol–water partition coefficient (Wildman–Crippen LogP) is 3.76. The van der Waals surface area contributed by atoms with Gasteiger partial charge in [0.1, 0.15) is 0 Å². The van der Waals surface area contributed by atoms with Gasteiger partial charge in [-0.2, -0.15) is 0 Å². The molecule has 1 saturated carbocycles. The molecule has 2 rings (SSSR count). The van der Waals surface area contributed by atoms with E-state index in [1.807, 2.05) is 0 Å². The van der Waals surface area contributed by atoms with Gasteiger partial charge in [0.2, 0.25) is 0 Å². The molecule has 2 fully saturated rings. The van der Waals surface area contributed by atoms with E-state index in [9.17, 15) is 9.90 Å². The van der Waals surface area contributed by atoms with E-state index in [0.29, 0.717) is 6.10 Å². The highest BCUT2D eigenvalue weighted by Gasteiger charge is 2.38. The Morgan fingerprint density at radius 1 is 1.11 bits per heavy atom. The zero-order valence-corrected chi connectivity index (χ0v) is 11.3. The number of carbonyl (C=O) groups is 1. The highest BCUT2D eigenvalue weighted by Crippen LogP contribution is 2.39. The molecule has 0 aromatic heterocycles. The van der Waals surface area contributed by atoms with E-state index in [2.05, 4.69) is 0 Å². The third-order valence-corrected chi connectivity index (χ3v) is 4.73. The lowest BCUT2D eigenvalue weighted by molar-refractivity contribution is -0.151. The molecule has 1 saturated heterocycles. The summed E-state index contributed by atoms with van der Waals surface area (Å²) in [6.45, 7) is 0.866. The molecule has 1 heterocycles. The molecule has 3 heteroatoms. The molecule has 1 atom stereocenters.